The SMILES string of the molecule is O=C(Nc1cn([C@H]2C[C@@H](O)C2)nc1-c1ncccc1F)c1csc(-c2cn[nH]c2)n1. The molecule has 3 N–H and O–H groups in total. The highest BCUT2D eigenvalue weighted by Gasteiger charge is 2.31. The van der Waals surface area contributed by atoms with Crippen molar-refractivity contribution in [1.29, 1.82) is 0 Å². The van der Waals surface area contributed by atoms with Crippen LogP contribution in [0.4, 0.5) is 10.1 Å². The minimum absolute atomic E-state index is 0.0110. The summed E-state index contributed by atoms with van der Waals surface area (Å²) in [5.41, 5.74) is 1.62. The molecule has 0 atom stereocenters. The minimum atomic E-state index is -0.539. The van der Waals surface area contributed by atoms with Crippen LogP contribution in [0, 0.1) is 5.82 Å². The second-order valence-corrected chi connectivity index (χ2v) is 7.82. The van der Waals surface area contributed by atoms with Gasteiger partial charge in [0.1, 0.15) is 22.1 Å². The van der Waals surface area contributed by atoms with Crippen LogP contribution in [0.25, 0.3) is 22.0 Å². The maximum Gasteiger partial charge on any atom is 0.275 e. The molecule has 9 nitrogen and oxygen atoms in total. The van der Waals surface area contributed by atoms with E-state index in [0.29, 0.717) is 23.5 Å². The van der Waals surface area contributed by atoms with Crippen molar-refractivity contribution < 1.29 is 14.3 Å². The van der Waals surface area contributed by atoms with Gasteiger partial charge in [-0.2, -0.15) is 10.2 Å². The van der Waals surface area contributed by atoms with Crippen LogP contribution < -0.4 is 5.32 Å². The van der Waals surface area contributed by atoms with Crippen molar-refractivity contribution in [2.75, 3.05) is 5.32 Å². The first-order valence-corrected chi connectivity index (χ1v) is 10.1. The van der Waals surface area contributed by atoms with Crippen molar-refractivity contribution in [2.45, 2.75) is 25.0 Å². The first kappa shape index (κ1) is 18.6. The van der Waals surface area contributed by atoms with Crippen molar-refractivity contribution >= 4 is 22.9 Å². The number of carbonyl (C=O) groups excluding carboxylic acids is 1. The number of nitrogens with zero attached hydrogens (tertiary/aromatic N) is 5. The maximum absolute atomic E-state index is 14.4. The molecule has 30 heavy (non-hydrogen) atoms. The number of hydrogen-bond acceptors (Lipinski definition) is 7. The Balaban J connectivity index is 1.45. The summed E-state index contributed by atoms with van der Waals surface area (Å²) in [6, 6.07) is 2.77. The van der Waals surface area contributed by atoms with Gasteiger partial charge in [0.25, 0.3) is 5.91 Å². The van der Waals surface area contributed by atoms with Gasteiger partial charge in [-0.05, 0) is 25.0 Å². The number of thiazole rings is 1. The zero-order chi connectivity index (χ0) is 20.7. The molecule has 1 aliphatic rings. The highest BCUT2D eigenvalue weighted by Crippen LogP contribution is 2.35. The zero-order valence-corrected chi connectivity index (χ0v) is 16.3. The Morgan fingerprint density at radius 3 is 2.97 bits per heavy atom. The molecule has 0 aromatic carbocycles. The van der Waals surface area contributed by atoms with E-state index in [1.807, 2.05) is 0 Å². The maximum atomic E-state index is 14.4. The van der Waals surface area contributed by atoms with Crippen molar-refractivity contribution in [3.63, 3.8) is 0 Å². The average molecular weight is 425 g/mol. The molecule has 0 bridgehead atoms. The largest absolute Gasteiger partial charge is 0.393 e. The standard InChI is InChI=1S/C19H16FN7O2S/c20-13-2-1-3-21-16(13)17-14(8-27(26-17)11-4-12(28)5-11)24-18(29)15-9-30-19(25-15)10-6-22-23-7-10/h1-3,6-9,11-12,28H,4-5H2,(H,22,23)(H,24,29)/t11-,12+. The molecule has 0 spiro atoms. The number of aromatic amines is 1. The third-order valence-corrected chi connectivity index (χ3v) is 5.80. The van der Waals surface area contributed by atoms with Crippen molar-refractivity contribution in [1.82, 2.24) is 29.9 Å². The fourth-order valence-corrected chi connectivity index (χ4v) is 4.03. The highest BCUT2D eigenvalue weighted by atomic mass is 32.1. The summed E-state index contributed by atoms with van der Waals surface area (Å²) in [5, 5.41) is 25.7. The number of amides is 1. The first-order chi connectivity index (χ1) is 14.6. The van der Waals surface area contributed by atoms with Gasteiger partial charge in [0.15, 0.2) is 5.82 Å². The molecular formula is C19H16FN7O2S. The van der Waals surface area contributed by atoms with Gasteiger partial charge in [0.05, 0.1) is 24.0 Å². The molecule has 0 unspecified atom stereocenters. The molecule has 4 aromatic rings. The van der Waals surface area contributed by atoms with Crippen LogP contribution >= 0.6 is 11.3 Å². The van der Waals surface area contributed by atoms with Crippen LogP contribution in [0.3, 0.4) is 0 Å². The Morgan fingerprint density at radius 1 is 1.37 bits per heavy atom. The van der Waals surface area contributed by atoms with Crippen LogP contribution in [0.15, 0.2) is 42.3 Å². The summed E-state index contributed by atoms with van der Waals surface area (Å²) in [4.78, 5) is 21.2. The number of H-pyrrole nitrogens is 1. The van der Waals surface area contributed by atoms with Gasteiger partial charge in [0.2, 0.25) is 0 Å². The third-order valence-electron chi connectivity index (χ3n) is 4.91. The van der Waals surface area contributed by atoms with Gasteiger partial charge in [-0.1, -0.05) is 0 Å². The molecular weight excluding hydrogens is 409 g/mol. The number of nitrogens with one attached hydrogen (secondary N) is 2. The predicted molar refractivity (Wildman–Crippen MR) is 107 cm³/mol. The topological polar surface area (TPSA) is 122 Å². The molecule has 4 aromatic heterocycles. The normalized spacial score (nSPS) is 18.2. The lowest BCUT2D eigenvalue weighted by molar-refractivity contribution is 0.0435. The van der Waals surface area contributed by atoms with E-state index in [-0.39, 0.29) is 29.2 Å². The molecule has 11 heteroatoms. The number of rotatable bonds is 5. The molecule has 1 fully saturated rings. The molecule has 4 heterocycles. The van der Waals surface area contributed by atoms with Crippen LogP contribution in [0.5, 0.6) is 0 Å². The van der Waals surface area contributed by atoms with Gasteiger partial charge in [-0.25, -0.2) is 9.37 Å². The van der Waals surface area contributed by atoms with E-state index < -0.39 is 11.7 Å². The number of aliphatic hydroxyl groups excluding tert-OH is 1. The molecule has 152 valence electrons. The lowest BCUT2D eigenvalue weighted by Gasteiger charge is -2.31. The summed E-state index contributed by atoms with van der Waals surface area (Å²) in [5.74, 6) is -0.977. The monoisotopic (exact) mass is 425 g/mol. The van der Waals surface area contributed by atoms with Gasteiger partial charge < -0.3 is 10.4 Å². The molecule has 5 rings (SSSR count). The second kappa shape index (κ2) is 7.43. The number of aliphatic hydroxyl groups is 1. The molecule has 0 radical (unpaired) electrons. The molecule has 0 aliphatic heterocycles. The van der Waals surface area contributed by atoms with Gasteiger partial charge in [0, 0.05) is 29.5 Å². The second-order valence-electron chi connectivity index (χ2n) is 6.96. The number of carbonyl (C=O) groups is 1. The Morgan fingerprint density at radius 2 is 2.23 bits per heavy atom. The highest BCUT2D eigenvalue weighted by molar-refractivity contribution is 7.13. The Kier molecular flexibility index (Phi) is 4.60. The summed E-state index contributed by atoms with van der Waals surface area (Å²) in [7, 11) is 0. The fraction of sp³-hybridized carbons (Fsp3) is 0.211. The summed E-state index contributed by atoms with van der Waals surface area (Å²) < 4.78 is 16.0. The lowest BCUT2D eigenvalue weighted by Crippen LogP contribution is -2.31. The van der Waals surface area contributed by atoms with Crippen LogP contribution in [0.2, 0.25) is 0 Å². The predicted octanol–water partition coefficient (Wildman–Crippen LogP) is 2.88. The minimum Gasteiger partial charge on any atom is -0.393 e. The summed E-state index contributed by atoms with van der Waals surface area (Å²) in [6.07, 6.45) is 7.16. The molecule has 0 saturated heterocycles. The lowest BCUT2D eigenvalue weighted by atomic mass is 9.90. The van der Waals surface area contributed by atoms with Gasteiger partial charge in [-0.15, -0.1) is 11.3 Å². The zero-order valence-electron chi connectivity index (χ0n) is 15.5. The van der Waals surface area contributed by atoms with Gasteiger partial charge in [-0.3, -0.25) is 19.6 Å². The number of aromatic nitrogens is 6. The first-order valence-electron chi connectivity index (χ1n) is 9.22. The number of hydrogen-bond donors (Lipinski definition) is 3. The number of pyridine rings is 1. The van der Waals surface area contributed by atoms with E-state index in [2.05, 4.69) is 30.6 Å². The smallest absolute Gasteiger partial charge is 0.275 e. The van der Waals surface area contributed by atoms with Crippen molar-refractivity contribution in [3.05, 3.63) is 53.8 Å². The summed E-state index contributed by atoms with van der Waals surface area (Å²) >= 11 is 1.32. The van der Waals surface area contributed by atoms with Crippen LogP contribution in [-0.2, 0) is 0 Å². The van der Waals surface area contributed by atoms with Gasteiger partial charge >= 0.3 is 0 Å². The van der Waals surface area contributed by atoms with E-state index in [1.165, 1.54) is 29.7 Å². The quantitative estimate of drug-likeness (QED) is 0.452. The van der Waals surface area contributed by atoms with E-state index in [9.17, 15) is 14.3 Å². The average Bonchev–Trinajstić information content (AvgIpc) is 3.46. The van der Waals surface area contributed by atoms with Crippen LogP contribution in [0.1, 0.15) is 29.4 Å². The Bertz CT molecular complexity index is 1200. The van der Waals surface area contributed by atoms with Crippen molar-refractivity contribution in [2.24, 2.45) is 0 Å². The summed E-state index contributed by atoms with van der Waals surface area (Å²) in [6.45, 7) is 0. The molecule has 1 amide bonds. The van der Waals surface area contributed by atoms with E-state index in [1.54, 1.807) is 28.7 Å². The Labute approximate surface area is 173 Å². The van der Waals surface area contributed by atoms with Crippen molar-refractivity contribution in [3.8, 4) is 22.0 Å². The van der Waals surface area contributed by atoms with E-state index in [4.69, 9.17) is 0 Å². The Hall–Kier alpha value is -3.44. The molecule has 1 saturated carbocycles. The van der Waals surface area contributed by atoms with Crippen LogP contribution in [-0.4, -0.2) is 47.1 Å². The third kappa shape index (κ3) is 3.37. The fourth-order valence-electron chi connectivity index (χ4n) is 3.24. The number of halogens is 1. The molecule has 1 aliphatic carbocycles. The van der Waals surface area contributed by atoms with E-state index in [0.717, 1.165) is 5.56 Å². The van der Waals surface area contributed by atoms with E-state index >= 15 is 0 Å². The number of anilines is 1.